The number of benzene rings is 1. The second kappa shape index (κ2) is 9.96. The molecule has 0 aliphatic rings. The van der Waals surface area contributed by atoms with Gasteiger partial charge in [0, 0.05) is 17.0 Å². The van der Waals surface area contributed by atoms with Crippen LogP contribution in [0.2, 0.25) is 0 Å². The highest BCUT2D eigenvalue weighted by Gasteiger charge is 2.21. The van der Waals surface area contributed by atoms with Gasteiger partial charge in [-0.15, -0.1) is 0 Å². The van der Waals surface area contributed by atoms with Crippen molar-refractivity contribution in [3.63, 3.8) is 0 Å². The minimum Gasteiger partial charge on any atom is -0.496 e. The highest BCUT2D eigenvalue weighted by Crippen LogP contribution is 2.36. The van der Waals surface area contributed by atoms with E-state index in [9.17, 15) is 0 Å². The van der Waals surface area contributed by atoms with Crippen LogP contribution < -0.4 is 14.8 Å². The summed E-state index contributed by atoms with van der Waals surface area (Å²) in [6, 6.07) is 6.23. The van der Waals surface area contributed by atoms with Crippen LogP contribution in [0.25, 0.3) is 0 Å². The number of hydrogen-bond donors (Lipinski definition) is 1. The fourth-order valence-corrected chi connectivity index (χ4v) is 3.21. The van der Waals surface area contributed by atoms with Crippen molar-refractivity contribution in [1.82, 2.24) is 5.32 Å². The summed E-state index contributed by atoms with van der Waals surface area (Å²) in [7, 11) is 3.44. The van der Waals surface area contributed by atoms with E-state index < -0.39 is 0 Å². The molecule has 1 N–H and O–H groups in total. The molecule has 2 unspecified atom stereocenters. The third kappa shape index (κ3) is 5.44. The number of hydrogen-bond acceptors (Lipinski definition) is 4. The largest absolute Gasteiger partial charge is 0.496 e. The van der Waals surface area contributed by atoms with Crippen molar-refractivity contribution in [3.05, 3.63) is 23.8 Å². The normalized spacial score (nSPS) is 13.8. The van der Waals surface area contributed by atoms with Gasteiger partial charge in [0.05, 0.1) is 19.8 Å². The fourth-order valence-electron chi connectivity index (χ4n) is 2.16. The van der Waals surface area contributed by atoms with E-state index in [0.717, 1.165) is 35.8 Å². The lowest BCUT2D eigenvalue weighted by atomic mass is 10.1. The van der Waals surface area contributed by atoms with E-state index >= 15 is 0 Å². The van der Waals surface area contributed by atoms with Gasteiger partial charge in [-0.1, -0.05) is 26.8 Å². The summed E-state index contributed by atoms with van der Waals surface area (Å²) in [6.07, 6.45) is 2.30. The van der Waals surface area contributed by atoms with Crippen molar-refractivity contribution in [2.75, 3.05) is 26.5 Å². The third-order valence-corrected chi connectivity index (χ3v) is 5.01. The summed E-state index contributed by atoms with van der Waals surface area (Å²) in [5, 5.41) is 4.30. The fraction of sp³-hybridized carbons (Fsp3) is 0.647. The van der Waals surface area contributed by atoms with Gasteiger partial charge >= 0.3 is 0 Å². The van der Waals surface area contributed by atoms with Crippen LogP contribution in [0.5, 0.6) is 11.5 Å². The van der Waals surface area contributed by atoms with Crippen LogP contribution in [0.3, 0.4) is 0 Å². The van der Waals surface area contributed by atoms with E-state index in [-0.39, 0.29) is 6.04 Å². The summed E-state index contributed by atoms with van der Waals surface area (Å²) in [5.41, 5.74) is 1.13. The lowest BCUT2D eigenvalue weighted by molar-refractivity contribution is 0.374. The first-order valence-corrected chi connectivity index (χ1v) is 8.78. The zero-order chi connectivity index (χ0) is 15.7. The van der Waals surface area contributed by atoms with Crippen molar-refractivity contribution in [2.24, 2.45) is 0 Å². The Morgan fingerprint density at radius 3 is 2.24 bits per heavy atom. The Morgan fingerprint density at radius 2 is 1.76 bits per heavy atom. The average molecular weight is 311 g/mol. The predicted molar refractivity (Wildman–Crippen MR) is 92.8 cm³/mol. The second-order valence-electron chi connectivity index (χ2n) is 5.14. The Hall–Kier alpha value is -0.870. The molecule has 0 aromatic heterocycles. The SMILES string of the molecule is CCCNC(CSC(C)CC)c1c(OC)cccc1OC. The predicted octanol–water partition coefficient (Wildman–Crippen LogP) is 4.28. The van der Waals surface area contributed by atoms with Crippen molar-refractivity contribution < 1.29 is 9.47 Å². The van der Waals surface area contributed by atoms with E-state index in [1.165, 1.54) is 6.42 Å². The summed E-state index contributed by atoms with van der Waals surface area (Å²) in [6.45, 7) is 7.69. The molecule has 1 aromatic carbocycles. The van der Waals surface area contributed by atoms with Crippen LogP contribution in [-0.2, 0) is 0 Å². The Morgan fingerprint density at radius 1 is 1.14 bits per heavy atom. The van der Waals surface area contributed by atoms with Gasteiger partial charge in [0.15, 0.2) is 0 Å². The first-order chi connectivity index (χ1) is 10.2. The topological polar surface area (TPSA) is 30.5 Å². The standard InChI is InChI=1S/C17H29NO2S/c1-6-11-18-14(12-21-13(3)7-2)17-15(19-4)9-8-10-16(17)20-5/h8-10,13-14,18H,6-7,11-12H2,1-5H3. The highest BCUT2D eigenvalue weighted by atomic mass is 32.2. The summed E-state index contributed by atoms with van der Waals surface area (Å²) >= 11 is 1.99. The van der Waals surface area contributed by atoms with E-state index in [1.807, 2.05) is 30.0 Å². The molecule has 1 rings (SSSR count). The average Bonchev–Trinajstić information content (AvgIpc) is 2.54. The number of rotatable bonds is 10. The molecule has 0 aliphatic heterocycles. The van der Waals surface area contributed by atoms with Crippen molar-refractivity contribution >= 4 is 11.8 Å². The van der Waals surface area contributed by atoms with Crippen molar-refractivity contribution in [3.8, 4) is 11.5 Å². The number of methoxy groups -OCH3 is 2. The van der Waals surface area contributed by atoms with Crippen LogP contribution in [0.4, 0.5) is 0 Å². The van der Waals surface area contributed by atoms with E-state index in [1.54, 1.807) is 14.2 Å². The Kier molecular flexibility index (Phi) is 8.62. The quantitative estimate of drug-likeness (QED) is 0.699. The second-order valence-corrected chi connectivity index (χ2v) is 6.61. The van der Waals surface area contributed by atoms with Crippen LogP contribution in [-0.4, -0.2) is 31.8 Å². The van der Waals surface area contributed by atoms with Gasteiger partial charge in [0.2, 0.25) is 0 Å². The van der Waals surface area contributed by atoms with Gasteiger partial charge in [-0.2, -0.15) is 11.8 Å². The molecule has 2 atom stereocenters. The molecule has 0 radical (unpaired) electrons. The first kappa shape index (κ1) is 18.2. The van der Waals surface area contributed by atoms with Gasteiger partial charge in [0.1, 0.15) is 11.5 Å². The minimum absolute atomic E-state index is 0.245. The van der Waals surface area contributed by atoms with Gasteiger partial charge < -0.3 is 14.8 Å². The molecule has 0 spiro atoms. The Bertz CT molecular complexity index is 390. The monoisotopic (exact) mass is 311 g/mol. The number of thioether (sulfide) groups is 1. The zero-order valence-electron chi connectivity index (χ0n) is 13.9. The van der Waals surface area contributed by atoms with Crippen molar-refractivity contribution in [1.29, 1.82) is 0 Å². The van der Waals surface area contributed by atoms with Gasteiger partial charge in [-0.05, 0) is 31.5 Å². The van der Waals surface area contributed by atoms with E-state index in [4.69, 9.17) is 9.47 Å². The molecule has 21 heavy (non-hydrogen) atoms. The molecule has 0 heterocycles. The molecule has 1 aromatic rings. The number of nitrogens with one attached hydrogen (secondary N) is 1. The maximum absolute atomic E-state index is 5.55. The van der Waals surface area contributed by atoms with E-state index in [0.29, 0.717) is 5.25 Å². The molecule has 0 saturated carbocycles. The Labute approximate surface area is 133 Å². The van der Waals surface area contributed by atoms with Crippen LogP contribution in [0.15, 0.2) is 18.2 Å². The molecule has 0 bridgehead atoms. The molecule has 0 saturated heterocycles. The number of ether oxygens (including phenoxy) is 2. The van der Waals surface area contributed by atoms with Crippen LogP contribution >= 0.6 is 11.8 Å². The molecule has 4 heteroatoms. The molecular formula is C17H29NO2S. The molecule has 3 nitrogen and oxygen atoms in total. The van der Waals surface area contributed by atoms with Crippen LogP contribution in [0, 0.1) is 0 Å². The lowest BCUT2D eigenvalue weighted by Crippen LogP contribution is -2.25. The zero-order valence-corrected chi connectivity index (χ0v) is 14.8. The van der Waals surface area contributed by atoms with E-state index in [2.05, 4.69) is 26.1 Å². The molecular weight excluding hydrogens is 282 g/mol. The van der Waals surface area contributed by atoms with Gasteiger partial charge in [-0.25, -0.2) is 0 Å². The summed E-state index contributed by atoms with van der Waals surface area (Å²) < 4.78 is 11.1. The maximum Gasteiger partial charge on any atom is 0.127 e. The van der Waals surface area contributed by atoms with Gasteiger partial charge in [0.25, 0.3) is 0 Å². The molecule has 0 amide bonds. The molecule has 0 fully saturated rings. The maximum atomic E-state index is 5.55. The Balaban J connectivity index is 3.00. The lowest BCUT2D eigenvalue weighted by Gasteiger charge is -2.24. The van der Waals surface area contributed by atoms with Gasteiger partial charge in [-0.3, -0.25) is 0 Å². The highest BCUT2D eigenvalue weighted by molar-refractivity contribution is 7.99. The summed E-state index contributed by atoms with van der Waals surface area (Å²) in [4.78, 5) is 0. The smallest absolute Gasteiger partial charge is 0.127 e. The first-order valence-electron chi connectivity index (χ1n) is 7.73. The minimum atomic E-state index is 0.245. The van der Waals surface area contributed by atoms with Crippen molar-refractivity contribution in [2.45, 2.75) is 44.9 Å². The molecule has 120 valence electrons. The third-order valence-electron chi connectivity index (χ3n) is 3.58. The summed E-state index contributed by atoms with van der Waals surface area (Å²) in [5.74, 6) is 2.81. The molecule has 0 aliphatic carbocycles. The van der Waals surface area contributed by atoms with Crippen LogP contribution in [0.1, 0.15) is 45.2 Å².